The molecule has 124 valence electrons. The van der Waals surface area contributed by atoms with Crippen LogP contribution in [-0.2, 0) is 12.7 Å². The van der Waals surface area contributed by atoms with Gasteiger partial charge >= 0.3 is 6.18 Å². The number of rotatable bonds is 5. The number of hydrogen-bond donors (Lipinski definition) is 0. The molecule has 2 aromatic rings. The van der Waals surface area contributed by atoms with E-state index in [0.29, 0.717) is 13.0 Å². The maximum atomic E-state index is 12.6. The van der Waals surface area contributed by atoms with Crippen molar-refractivity contribution in [3.63, 3.8) is 0 Å². The van der Waals surface area contributed by atoms with E-state index in [2.05, 4.69) is 0 Å². The molecule has 0 N–H and O–H groups in total. The van der Waals surface area contributed by atoms with Crippen LogP contribution in [-0.4, -0.2) is 11.2 Å². The zero-order valence-corrected chi connectivity index (χ0v) is 13.0. The number of halogens is 3. The van der Waals surface area contributed by atoms with Gasteiger partial charge in [-0.1, -0.05) is 6.07 Å². The Hall–Kier alpha value is -2.24. The third kappa shape index (κ3) is 4.87. The van der Waals surface area contributed by atoms with Crippen LogP contribution in [0.3, 0.4) is 0 Å². The van der Waals surface area contributed by atoms with Gasteiger partial charge in [0.25, 0.3) is 5.56 Å². The Labute approximate surface area is 132 Å². The van der Waals surface area contributed by atoms with E-state index < -0.39 is 17.3 Å². The molecule has 0 radical (unpaired) electrons. The summed E-state index contributed by atoms with van der Waals surface area (Å²) in [7, 11) is 0. The van der Waals surface area contributed by atoms with Gasteiger partial charge < -0.3 is 9.30 Å². The van der Waals surface area contributed by atoms with Crippen molar-refractivity contribution in [2.75, 3.05) is 6.61 Å². The highest BCUT2D eigenvalue weighted by Crippen LogP contribution is 2.28. The first-order chi connectivity index (χ1) is 10.8. The normalized spacial score (nSPS) is 11.5. The monoisotopic (exact) mass is 325 g/mol. The van der Waals surface area contributed by atoms with Crippen molar-refractivity contribution in [1.29, 1.82) is 0 Å². The van der Waals surface area contributed by atoms with Gasteiger partial charge in [0, 0.05) is 18.8 Å². The molecule has 0 spiro atoms. The fourth-order valence-electron chi connectivity index (χ4n) is 2.31. The maximum Gasteiger partial charge on any atom is 0.417 e. The summed E-state index contributed by atoms with van der Waals surface area (Å²) in [6.07, 6.45) is -3.17. The van der Waals surface area contributed by atoms with Crippen LogP contribution in [0, 0.1) is 13.8 Å². The Morgan fingerprint density at radius 1 is 1.09 bits per heavy atom. The van der Waals surface area contributed by atoms with E-state index in [1.807, 2.05) is 32.0 Å². The quantitative estimate of drug-likeness (QED) is 0.779. The van der Waals surface area contributed by atoms with Crippen LogP contribution >= 0.6 is 0 Å². The summed E-state index contributed by atoms with van der Waals surface area (Å²) in [5.41, 5.74) is 0.875. The highest BCUT2D eigenvalue weighted by Gasteiger charge is 2.30. The second-order valence-electron chi connectivity index (χ2n) is 5.47. The summed E-state index contributed by atoms with van der Waals surface area (Å²) < 4.78 is 44.6. The Bertz CT molecular complexity index is 715. The molecule has 0 fully saturated rings. The van der Waals surface area contributed by atoms with Crippen LogP contribution in [0.4, 0.5) is 13.2 Å². The first-order valence-corrected chi connectivity index (χ1v) is 7.24. The number of aromatic nitrogens is 1. The highest BCUT2D eigenvalue weighted by molar-refractivity contribution is 5.32. The predicted octanol–water partition coefficient (Wildman–Crippen LogP) is 3.95. The maximum absolute atomic E-state index is 12.6. The third-order valence-corrected chi connectivity index (χ3v) is 3.32. The van der Waals surface area contributed by atoms with Gasteiger partial charge in [0.05, 0.1) is 12.2 Å². The molecular weight excluding hydrogens is 307 g/mol. The van der Waals surface area contributed by atoms with E-state index in [-0.39, 0.29) is 6.54 Å². The molecule has 1 aromatic heterocycles. The average Bonchev–Trinajstić information content (AvgIpc) is 2.43. The molecular formula is C17H18F3NO2. The topological polar surface area (TPSA) is 31.2 Å². The molecule has 0 amide bonds. The molecule has 0 unspecified atom stereocenters. The Balaban J connectivity index is 1.95. The largest absolute Gasteiger partial charge is 0.494 e. The molecule has 3 nitrogen and oxygen atoms in total. The Kier molecular flexibility index (Phi) is 5.13. The molecule has 0 saturated heterocycles. The van der Waals surface area contributed by atoms with Crippen molar-refractivity contribution < 1.29 is 17.9 Å². The van der Waals surface area contributed by atoms with Gasteiger partial charge in [0.2, 0.25) is 0 Å². The van der Waals surface area contributed by atoms with E-state index >= 15 is 0 Å². The summed E-state index contributed by atoms with van der Waals surface area (Å²) >= 11 is 0. The molecule has 0 saturated carbocycles. The lowest BCUT2D eigenvalue weighted by Crippen LogP contribution is -2.22. The van der Waals surface area contributed by atoms with Crippen molar-refractivity contribution >= 4 is 0 Å². The summed E-state index contributed by atoms with van der Waals surface area (Å²) in [6.45, 7) is 4.42. The standard InChI is InChI=1S/C17H18F3NO2/c1-12-8-13(2)10-15(9-12)23-7-3-6-21-11-14(17(18,19)20)4-5-16(21)22/h4-5,8-11H,3,6-7H2,1-2H3. The van der Waals surface area contributed by atoms with Crippen LogP contribution < -0.4 is 10.3 Å². The second-order valence-corrected chi connectivity index (χ2v) is 5.47. The van der Waals surface area contributed by atoms with Gasteiger partial charge in [0.15, 0.2) is 0 Å². The van der Waals surface area contributed by atoms with E-state index in [1.165, 1.54) is 0 Å². The zero-order valence-electron chi connectivity index (χ0n) is 13.0. The van der Waals surface area contributed by atoms with Crippen LogP contribution in [0.2, 0.25) is 0 Å². The Morgan fingerprint density at radius 2 is 1.74 bits per heavy atom. The molecule has 2 rings (SSSR count). The molecule has 0 aliphatic rings. The van der Waals surface area contributed by atoms with Crippen molar-refractivity contribution in [3.05, 3.63) is 63.6 Å². The molecule has 1 aromatic carbocycles. The van der Waals surface area contributed by atoms with Crippen LogP contribution in [0.25, 0.3) is 0 Å². The highest BCUT2D eigenvalue weighted by atomic mass is 19.4. The molecule has 0 atom stereocenters. The number of aryl methyl sites for hydroxylation is 3. The molecule has 0 aliphatic heterocycles. The fraction of sp³-hybridized carbons (Fsp3) is 0.353. The summed E-state index contributed by atoms with van der Waals surface area (Å²) in [5.74, 6) is 0.721. The van der Waals surface area contributed by atoms with Gasteiger partial charge in [0.1, 0.15) is 5.75 Å². The zero-order chi connectivity index (χ0) is 17.0. The molecule has 6 heteroatoms. The molecule has 23 heavy (non-hydrogen) atoms. The predicted molar refractivity (Wildman–Crippen MR) is 81.7 cm³/mol. The SMILES string of the molecule is Cc1cc(C)cc(OCCCn2cc(C(F)(F)F)ccc2=O)c1. The minimum Gasteiger partial charge on any atom is -0.494 e. The summed E-state index contributed by atoms with van der Waals surface area (Å²) in [5, 5.41) is 0. The minimum absolute atomic E-state index is 0.174. The number of hydrogen-bond acceptors (Lipinski definition) is 2. The van der Waals surface area contributed by atoms with Crippen molar-refractivity contribution in [1.82, 2.24) is 4.57 Å². The third-order valence-electron chi connectivity index (χ3n) is 3.32. The fourth-order valence-corrected chi connectivity index (χ4v) is 2.31. The molecule has 1 heterocycles. The van der Waals surface area contributed by atoms with Gasteiger partial charge in [-0.25, -0.2) is 0 Å². The number of benzene rings is 1. The van der Waals surface area contributed by atoms with Gasteiger partial charge in [-0.3, -0.25) is 4.79 Å². The number of pyridine rings is 1. The van der Waals surface area contributed by atoms with Crippen LogP contribution in [0.1, 0.15) is 23.1 Å². The van der Waals surface area contributed by atoms with Gasteiger partial charge in [-0.05, 0) is 49.6 Å². The first-order valence-electron chi connectivity index (χ1n) is 7.24. The lowest BCUT2D eigenvalue weighted by molar-refractivity contribution is -0.138. The van der Waals surface area contributed by atoms with E-state index in [9.17, 15) is 18.0 Å². The minimum atomic E-state index is -4.45. The average molecular weight is 325 g/mol. The van der Waals surface area contributed by atoms with E-state index in [4.69, 9.17) is 4.74 Å². The second kappa shape index (κ2) is 6.89. The van der Waals surface area contributed by atoms with Crippen LogP contribution in [0.15, 0.2) is 41.3 Å². The summed E-state index contributed by atoms with van der Waals surface area (Å²) in [4.78, 5) is 11.6. The van der Waals surface area contributed by atoms with Crippen molar-refractivity contribution in [3.8, 4) is 5.75 Å². The van der Waals surface area contributed by atoms with Crippen LogP contribution in [0.5, 0.6) is 5.75 Å². The van der Waals surface area contributed by atoms with Crippen molar-refractivity contribution in [2.24, 2.45) is 0 Å². The van der Waals surface area contributed by atoms with Crippen molar-refractivity contribution in [2.45, 2.75) is 33.0 Å². The van der Waals surface area contributed by atoms with E-state index in [1.54, 1.807) is 0 Å². The lowest BCUT2D eigenvalue weighted by atomic mass is 10.1. The number of nitrogens with zero attached hydrogens (tertiary/aromatic N) is 1. The molecule has 0 bridgehead atoms. The van der Waals surface area contributed by atoms with Gasteiger partial charge in [-0.2, -0.15) is 13.2 Å². The van der Waals surface area contributed by atoms with Gasteiger partial charge in [-0.15, -0.1) is 0 Å². The van der Waals surface area contributed by atoms with E-state index in [0.717, 1.165) is 39.8 Å². The summed E-state index contributed by atoms with van der Waals surface area (Å²) in [6, 6.07) is 7.54. The number of alkyl halides is 3. The lowest BCUT2D eigenvalue weighted by Gasteiger charge is -2.11. The first kappa shape index (κ1) is 17.1. The Morgan fingerprint density at radius 3 is 2.35 bits per heavy atom. The molecule has 0 aliphatic carbocycles. The number of ether oxygens (including phenoxy) is 1. The smallest absolute Gasteiger partial charge is 0.417 e.